The number of benzene rings is 2. The minimum Gasteiger partial charge on any atom is -0.379 e. The predicted molar refractivity (Wildman–Crippen MR) is 109 cm³/mol. The van der Waals surface area contributed by atoms with E-state index in [2.05, 4.69) is 15.7 Å². The Morgan fingerprint density at radius 1 is 1.04 bits per heavy atom. The topological polar surface area (TPSA) is 58.6 Å². The van der Waals surface area contributed by atoms with Crippen LogP contribution in [0.2, 0.25) is 0 Å². The van der Waals surface area contributed by atoms with Crippen molar-refractivity contribution in [1.82, 2.24) is 9.62 Å². The maximum absolute atomic E-state index is 12.9. The number of hydrogen-bond acceptors (Lipinski definition) is 5. The average Bonchev–Trinajstić information content (AvgIpc) is 3.23. The summed E-state index contributed by atoms with van der Waals surface area (Å²) in [5, 5.41) is 3.98. The number of morpholine rings is 1. The Labute approximate surface area is 163 Å². The van der Waals surface area contributed by atoms with Gasteiger partial charge in [0.2, 0.25) is 10.0 Å². The lowest BCUT2D eigenvalue weighted by molar-refractivity contribution is 0.0179. The molecule has 0 unspecified atom stereocenters. The molecule has 1 aromatic heterocycles. The molecule has 5 nitrogen and oxygen atoms in total. The lowest BCUT2D eigenvalue weighted by Gasteiger charge is -2.34. The molecule has 0 spiro atoms. The first-order valence-corrected chi connectivity index (χ1v) is 11.3. The van der Waals surface area contributed by atoms with Gasteiger partial charge in [0.1, 0.15) is 0 Å². The SMILES string of the molecule is O=S(=O)(NC[C@H](c1cccs1)N1CCOCC1)c1ccc2ccccc2c1. The Morgan fingerprint density at radius 2 is 1.81 bits per heavy atom. The highest BCUT2D eigenvalue weighted by molar-refractivity contribution is 7.89. The quantitative estimate of drug-likeness (QED) is 0.688. The van der Waals surface area contributed by atoms with Crippen molar-refractivity contribution in [1.29, 1.82) is 0 Å². The van der Waals surface area contributed by atoms with Gasteiger partial charge in [0.05, 0.1) is 24.2 Å². The fourth-order valence-corrected chi connectivity index (χ4v) is 5.32. The summed E-state index contributed by atoms with van der Waals surface area (Å²) in [6.07, 6.45) is 0. The van der Waals surface area contributed by atoms with E-state index in [4.69, 9.17) is 4.74 Å². The normalized spacial score (nSPS) is 17.2. The summed E-state index contributed by atoms with van der Waals surface area (Å²) < 4.78 is 34.0. The second-order valence-electron chi connectivity index (χ2n) is 6.54. The first kappa shape index (κ1) is 18.6. The summed E-state index contributed by atoms with van der Waals surface area (Å²) in [7, 11) is -3.58. The largest absolute Gasteiger partial charge is 0.379 e. The van der Waals surface area contributed by atoms with Crippen LogP contribution < -0.4 is 4.72 Å². The van der Waals surface area contributed by atoms with Crippen LogP contribution in [0.3, 0.4) is 0 Å². The van der Waals surface area contributed by atoms with E-state index in [-0.39, 0.29) is 6.04 Å². The number of ether oxygens (including phenoxy) is 1. The molecule has 1 fully saturated rings. The predicted octanol–water partition coefficient (Wildman–Crippen LogP) is 3.25. The minimum absolute atomic E-state index is 0.0177. The Hall–Kier alpha value is -1.77. The molecule has 2 aromatic carbocycles. The van der Waals surface area contributed by atoms with Crippen molar-refractivity contribution in [3.8, 4) is 0 Å². The van der Waals surface area contributed by atoms with Crippen molar-refractivity contribution in [2.75, 3.05) is 32.8 Å². The van der Waals surface area contributed by atoms with Crippen LogP contribution in [-0.2, 0) is 14.8 Å². The highest BCUT2D eigenvalue weighted by Gasteiger charge is 2.25. The summed E-state index contributed by atoms with van der Waals surface area (Å²) in [5.41, 5.74) is 0. The zero-order valence-electron chi connectivity index (χ0n) is 14.9. The fourth-order valence-electron chi connectivity index (χ4n) is 3.39. The molecule has 0 bridgehead atoms. The molecular weight excluding hydrogens is 380 g/mol. The van der Waals surface area contributed by atoms with Crippen molar-refractivity contribution in [3.63, 3.8) is 0 Å². The molecule has 7 heteroatoms. The van der Waals surface area contributed by atoms with Crippen LogP contribution in [0.1, 0.15) is 10.9 Å². The summed E-state index contributed by atoms with van der Waals surface area (Å²) in [6.45, 7) is 3.31. The number of fused-ring (bicyclic) bond motifs is 1. The van der Waals surface area contributed by atoms with Gasteiger partial charge in [-0.25, -0.2) is 13.1 Å². The fraction of sp³-hybridized carbons (Fsp3) is 0.300. The Morgan fingerprint density at radius 3 is 2.56 bits per heavy atom. The van der Waals surface area contributed by atoms with E-state index in [0.717, 1.165) is 28.7 Å². The third kappa shape index (κ3) is 4.23. The maximum Gasteiger partial charge on any atom is 0.240 e. The maximum atomic E-state index is 12.9. The van der Waals surface area contributed by atoms with Crippen molar-refractivity contribution < 1.29 is 13.2 Å². The first-order valence-electron chi connectivity index (χ1n) is 8.97. The molecule has 0 saturated carbocycles. The molecule has 27 heavy (non-hydrogen) atoms. The van der Waals surface area contributed by atoms with E-state index in [1.807, 2.05) is 41.8 Å². The van der Waals surface area contributed by atoms with Crippen LogP contribution in [0.25, 0.3) is 10.8 Å². The van der Waals surface area contributed by atoms with Gasteiger partial charge in [0.15, 0.2) is 0 Å². The van der Waals surface area contributed by atoms with E-state index in [0.29, 0.717) is 24.7 Å². The van der Waals surface area contributed by atoms with Gasteiger partial charge >= 0.3 is 0 Å². The Balaban J connectivity index is 1.54. The van der Waals surface area contributed by atoms with Gasteiger partial charge in [-0.3, -0.25) is 4.90 Å². The van der Waals surface area contributed by atoms with Crippen LogP contribution in [0.4, 0.5) is 0 Å². The average molecular weight is 403 g/mol. The van der Waals surface area contributed by atoms with Crippen molar-refractivity contribution in [3.05, 3.63) is 64.9 Å². The van der Waals surface area contributed by atoms with Crippen molar-refractivity contribution in [2.24, 2.45) is 0 Å². The minimum atomic E-state index is -3.58. The molecule has 1 aliphatic rings. The molecule has 1 atom stereocenters. The Kier molecular flexibility index (Phi) is 5.56. The number of nitrogens with one attached hydrogen (secondary N) is 1. The number of thiophene rings is 1. The number of nitrogens with zero attached hydrogens (tertiary/aromatic N) is 1. The second kappa shape index (κ2) is 8.08. The Bertz CT molecular complexity index is 997. The van der Waals surface area contributed by atoms with E-state index in [1.165, 1.54) is 0 Å². The van der Waals surface area contributed by atoms with Gasteiger partial charge in [-0.2, -0.15) is 0 Å². The van der Waals surface area contributed by atoms with Gasteiger partial charge in [-0.05, 0) is 34.4 Å². The monoisotopic (exact) mass is 402 g/mol. The van der Waals surface area contributed by atoms with Gasteiger partial charge in [0.25, 0.3) is 0 Å². The standard InChI is InChI=1S/C20H22N2O3S2/c23-27(24,18-8-7-16-4-1-2-5-17(16)14-18)21-15-19(20-6-3-13-26-20)22-9-11-25-12-10-22/h1-8,13-14,19,21H,9-12,15H2/t19-/m1/s1. The number of rotatable bonds is 6. The highest BCUT2D eigenvalue weighted by Crippen LogP contribution is 2.26. The summed E-state index contributed by atoms with van der Waals surface area (Å²) in [5.74, 6) is 0. The molecule has 1 saturated heterocycles. The zero-order chi connectivity index (χ0) is 18.7. The van der Waals surface area contributed by atoms with Crippen LogP contribution in [0, 0.1) is 0 Å². The molecule has 0 aliphatic carbocycles. The molecule has 0 radical (unpaired) electrons. The summed E-state index contributed by atoms with van der Waals surface area (Å²) >= 11 is 1.66. The van der Waals surface area contributed by atoms with E-state index >= 15 is 0 Å². The molecule has 142 valence electrons. The lowest BCUT2D eigenvalue weighted by atomic mass is 10.1. The van der Waals surface area contributed by atoms with Crippen LogP contribution in [0.15, 0.2) is 64.9 Å². The van der Waals surface area contributed by atoms with Gasteiger partial charge < -0.3 is 4.74 Å². The van der Waals surface area contributed by atoms with Crippen LogP contribution in [0.5, 0.6) is 0 Å². The molecular formula is C20H22N2O3S2. The van der Waals surface area contributed by atoms with E-state index < -0.39 is 10.0 Å². The van der Waals surface area contributed by atoms with E-state index in [1.54, 1.807) is 23.5 Å². The zero-order valence-corrected chi connectivity index (χ0v) is 16.5. The third-order valence-corrected chi connectivity index (χ3v) is 7.25. The molecule has 1 N–H and O–H groups in total. The van der Waals surface area contributed by atoms with E-state index in [9.17, 15) is 8.42 Å². The van der Waals surface area contributed by atoms with Crippen LogP contribution in [-0.4, -0.2) is 46.2 Å². The lowest BCUT2D eigenvalue weighted by Crippen LogP contribution is -2.43. The molecule has 0 amide bonds. The molecule has 1 aliphatic heterocycles. The van der Waals surface area contributed by atoms with Gasteiger partial charge in [-0.1, -0.05) is 36.4 Å². The van der Waals surface area contributed by atoms with Crippen molar-refractivity contribution >= 4 is 32.1 Å². The smallest absolute Gasteiger partial charge is 0.240 e. The van der Waals surface area contributed by atoms with Crippen molar-refractivity contribution in [2.45, 2.75) is 10.9 Å². The third-order valence-electron chi connectivity index (χ3n) is 4.86. The molecule has 3 aromatic rings. The number of sulfonamides is 1. The highest BCUT2D eigenvalue weighted by atomic mass is 32.2. The summed E-state index contributed by atoms with van der Waals surface area (Å²) in [4.78, 5) is 3.75. The molecule has 2 heterocycles. The summed E-state index contributed by atoms with van der Waals surface area (Å²) in [6, 6.07) is 17.1. The first-order chi connectivity index (χ1) is 13.1. The van der Waals surface area contributed by atoms with Gasteiger partial charge in [-0.15, -0.1) is 11.3 Å². The van der Waals surface area contributed by atoms with Crippen LogP contribution >= 0.6 is 11.3 Å². The number of hydrogen-bond donors (Lipinski definition) is 1. The van der Waals surface area contributed by atoms with Gasteiger partial charge in [0, 0.05) is 24.5 Å². The molecule has 4 rings (SSSR count). The second-order valence-corrected chi connectivity index (χ2v) is 9.29.